The molecular formula is C26H30N4O3. The van der Waals surface area contributed by atoms with E-state index in [0.717, 1.165) is 16.9 Å². The summed E-state index contributed by atoms with van der Waals surface area (Å²) in [6.07, 6.45) is 0.699. The summed E-state index contributed by atoms with van der Waals surface area (Å²) in [5.74, 6) is -0.0128. The van der Waals surface area contributed by atoms with E-state index in [-0.39, 0.29) is 36.2 Å². The number of rotatable bonds is 10. The average molecular weight is 447 g/mol. The zero-order chi connectivity index (χ0) is 23.8. The number of amides is 1. The predicted octanol–water partition coefficient (Wildman–Crippen LogP) is 3.94. The molecule has 1 atom stereocenters. The van der Waals surface area contributed by atoms with E-state index >= 15 is 0 Å². The number of hydrogen-bond acceptors (Lipinski definition) is 6. The predicted molar refractivity (Wildman–Crippen MR) is 129 cm³/mol. The van der Waals surface area contributed by atoms with Gasteiger partial charge in [0.2, 0.25) is 5.91 Å². The lowest BCUT2D eigenvalue weighted by Gasteiger charge is -2.19. The fraction of sp³-hybridized carbons (Fsp3) is 0.346. The van der Waals surface area contributed by atoms with E-state index in [0.29, 0.717) is 25.4 Å². The maximum atomic E-state index is 12.8. The molecule has 0 bridgehead atoms. The molecule has 2 aromatic carbocycles. The Morgan fingerprint density at radius 2 is 1.61 bits per heavy atom. The van der Waals surface area contributed by atoms with E-state index in [1.807, 2.05) is 91.5 Å². The van der Waals surface area contributed by atoms with Gasteiger partial charge in [0.1, 0.15) is 17.5 Å². The number of anilines is 2. The highest BCUT2D eigenvalue weighted by Crippen LogP contribution is 2.40. The highest BCUT2D eigenvalue weighted by atomic mass is 16.5. The van der Waals surface area contributed by atoms with Gasteiger partial charge in [-0.1, -0.05) is 42.5 Å². The molecule has 1 aliphatic rings. The monoisotopic (exact) mass is 446 g/mol. The molecule has 172 valence electrons. The van der Waals surface area contributed by atoms with E-state index in [2.05, 4.69) is 5.32 Å². The largest absolute Gasteiger partial charge is 0.374 e. The summed E-state index contributed by atoms with van der Waals surface area (Å²) < 4.78 is 5.80. The van der Waals surface area contributed by atoms with Gasteiger partial charge in [-0.05, 0) is 31.0 Å². The Hall–Kier alpha value is -3.63. The van der Waals surface area contributed by atoms with Gasteiger partial charge in [0.05, 0.1) is 17.5 Å². The van der Waals surface area contributed by atoms with Crippen molar-refractivity contribution in [3.8, 4) is 6.07 Å². The van der Waals surface area contributed by atoms with E-state index in [4.69, 9.17) is 4.74 Å². The Kier molecular flexibility index (Phi) is 8.22. The third kappa shape index (κ3) is 5.79. The van der Waals surface area contributed by atoms with Gasteiger partial charge in [0.15, 0.2) is 5.78 Å². The molecule has 1 aliphatic heterocycles. The zero-order valence-electron chi connectivity index (χ0n) is 19.4. The van der Waals surface area contributed by atoms with Crippen molar-refractivity contribution < 1.29 is 14.3 Å². The van der Waals surface area contributed by atoms with E-state index in [1.165, 1.54) is 0 Å². The number of para-hydroxylation sites is 2. The lowest BCUT2D eigenvalue weighted by molar-refractivity contribution is -0.124. The van der Waals surface area contributed by atoms with Crippen molar-refractivity contribution in [2.45, 2.75) is 32.3 Å². The topological polar surface area (TPSA) is 85.7 Å². The lowest BCUT2D eigenvalue weighted by atomic mass is 10.1. The molecule has 0 radical (unpaired) electrons. The molecule has 7 nitrogen and oxygen atoms in total. The fourth-order valence-corrected chi connectivity index (χ4v) is 3.88. The first-order chi connectivity index (χ1) is 15.9. The number of ether oxygens (including phenoxy) is 1. The van der Waals surface area contributed by atoms with Crippen LogP contribution < -0.4 is 15.1 Å². The number of carbonyl (C=O) groups excluding carboxylic acids is 2. The van der Waals surface area contributed by atoms with Gasteiger partial charge < -0.3 is 19.9 Å². The van der Waals surface area contributed by atoms with Crippen LogP contribution in [0.5, 0.6) is 0 Å². The Labute approximate surface area is 195 Å². The molecule has 0 saturated heterocycles. The van der Waals surface area contributed by atoms with Gasteiger partial charge in [-0.2, -0.15) is 5.26 Å². The van der Waals surface area contributed by atoms with Crippen LogP contribution in [0.15, 0.2) is 66.0 Å². The minimum Gasteiger partial charge on any atom is -0.374 e. The molecule has 2 aromatic rings. The fourth-order valence-electron chi connectivity index (χ4n) is 3.88. The second-order valence-corrected chi connectivity index (χ2v) is 7.97. The van der Waals surface area contributed by atoms with Crippen LogP contribution >= 0.6 is 0 Å². The third-order valence-electron chi connectivity index (χ3n) is 5.71. The number of allylic oxidation sites excluding steroid dienone is 1. The van der Waals surface area contributed by atoms with Crippen LogP contribution in [-0.4, -0.2) is 38.9 Å². The summed E-state index contributed by atoms with van der Waals surface area (Å²) in [5.41, 5.74) is 3.03. The molecule has 3 rings (SSSR count). The van der Waals surface area contributed by atoms with Crippen molar-refractivity contribution in [2.24, 2.45) is 0 Å². The molecule has 1 N–H and O–H groups in total. The van der Waals surface area contributed by atoms with Crippen molar-refractivity contribution in [1.82, 2.24) is 5.32 Å². The van der Waals surface area contributed by atoms with Crippen molar-refractivity contribution in [3.05, 3.63) is 71.6 Å². The van der Waals surface area contributed by atoms with Crippen molar-refractivity contribution in [1.29, 1.82) is 5.26 Å². The number of carbonyl (C=O) groups is 2. The minimum absolute atomic E-state index is 0.00467. The van der Waals surface area contributed by atoms with Crippen LogP contribution in [0.3, 0.4) is 0 Å². The van der Waals surface area contributed by atoms with Crippen molar-refractivity contribution >= 4 is 23.1 Å². The van der Waals surface area contributed by atoms with Crippen LogP contribution in [0, 0.1) is 11.3 Å². The van der Waals surface area contributed by atoms with E-state index < -0.39 is 0 Å². The highest BCUT2D eigenvalue weighted by molar-refractivity contribution is 6.03. The van der Waals surface area contributed by atoms with Crippen LogP contribution in [0.4, 0.5) is 11.4 Å². The first-order valence-corrected chi connectivity index (χ1v) is 11.1. The first kappa shape index (κ1) is 24.0. The Morgan fingerprint density at radius 3 is 2.21 bits per heavy atom. The Balaban J connectivity index is 1.44. The van der Waals surface area contributed by atoms with Gasteiger partial charge in [-0.15, -0.1) is 0 Å². The van der Waals surface area contributed by atoms with Crippen molar-refractivity contribution in [3.63, 3.8) is 0 Å². The summed E-state index contributed by atoms with van der Waals surface area (Å²) in [4.78, 5) is 28.6. The van der Waals surface area contributed by atoms with Gasteiger partial charge in [-0.25, -0.2) is 0 Å². The standard InChI is InChI=1S/C26H30N4O3/c1-19(20-10-5-4-6-11-20)33-17-9-16-28-25(32)15-14-24(31)21(18-27)26-29(2)22-12-7-8-13-23(22)30(26)3/h4-8,10-13,19H,9,14-17H2,1-3H3,(H,28,32). The number of nitrogens with one attached hydrogen (secondary N) is 1. The first-order valence-electron chi connectivity index (χ1n) is 11.1. The summed E-state index contributed by atoms with van der Waals surface area (Å²) in [5, 5.41) is 12.5. The second kappa shape index (κ2) is 11.3. The number of nitriles is 1. The highest BCUT2D eigenvalue weighted by Gasteiger charge is 2.31. The number of ketones is 1. The van der Waals surface area contributed by atoms with Crippen LogP contribution in [-0.2, 0) is 14.3 Å². The van der Waals surface area contributed by atoms with E-state index in [1.54, 1.807) is 0 Å². The normalized spacial score (nSPS) is 13.3. The smallest absolute Gasteiger partial charge is 0.220 e. The molecule has 0 aliphatic carbocycles. The number of hydrogen-bond donors (Lipinski definition) is 1. The quantitative estimate of drug-likeness (QED) is 0.338. The molecule has 0 saturated carbocycles. The van der Waals surface area contributed by atoms with Crippen LogP contribution in [0.25, 0.3) is 0 Å². The average Bonchev–Trinajstić information content (AvgIpc) is 3.09. The molecule has 1 heterocycles. The van der Waals surface area contributed by atoms with Crippen LogP contribution in [0.1, 0.15) is 37.9 Å². The van der Waals surface area contributed by atoms with Gasteiger partial charge >= 0.3 is 0 Å². The molecule has 7 heteroatoms. The number of fused-ring (bicyclic) bond motifs is 1. The Morgan fingerprint density at radius 1 is 1.00 bits per heavy atom. The van der Waals surface area contributed by atoms with Gasteiger partial charge in [0.25, 0.3) is 0 Å². The SMILES string of the molecule is CC(OCCCNC(=O)CCC(=O)C(C#N)=C1N(C)c2ccccc2N1C)c1ccccc1. The number of benzene rings is 2. The second-order valence-electron chi connectivity index (χ2n) is 7.97. The van der Waals surface area contributed by atoms with Gasteiger partial charge in [0, 0.05) is 40.1 Å². The molecule has 1 amide bonds. The lowest BCUT2D eigenvalue weighted by Crippen LogP contribution is -2.28. The summed E-state index contributed by atoms with van der Waals surface area (Å²) in [7, 11) is 3.66. The third-order valence-corrected chi connectivity index (χ3v) is 5.71. The van der Waals surface area contributed by atoms with Gasteiger partial charge in [-0.3, -0.25) is 9.59 Å². The summed E-state index contributed by atoms with van der Waals surface area (Å²) >= 11 is 0. The van der Waals surface area contributed by atoms with Crippen molar-refractivity contribution in [2.75, 3.05) is 37.0 Å². The summed E-state index contributed by atoms with van der Waals surface area (Å²) in [6, 6.07) is 19.7. The zero-order valence-corrected chi connectivity index (χ0v) is 19.4. The minimum atomic E-state index is -0.339. The van der Waals surface area contributed by atoms with Crippen LogP contribution in [0.2, 0.25) is 0 Å². The number of Topliss-reactive ketones (excluding diaryl/α,β-unsaturated/α-hetero) is 1. The summed E-state index contributed by atoms with van der Waals surface area (Å²) in [6.45, 7) is 3.00. The Bertz CT molecular complexity index is 1030. The number of nitrogens with zero attached hydrogens (tertiary/aromatic N) is 3. The molecular weight excluding hydrogens is 416 g/mol. The molecule has 33 heavy (non-hydrogen) atoms. The molecule has 0 fully saturated rings. The molecule has 0 spiro atoms. The van der Waals surface area contributed by atoms with E-state index in [9.17, 15) is 14.9 Å². The molecule has 0 aromatic heterocycles. The maximum Gasteiger partial charge on any atom is 0.220 e. The maximum absolute atomic E-state index is 12.8. The molecule has 1 unspecified atom stereocenters.